The number of nitrogens with zero attached hydrogens (tertiary/aromatic N) is 1. The molecule has 1 aromatic heterocycles. The molecular weight excluding hydrogens is 384 g/mol. The van der Waals surface area contributed by atoms with Crippen LogP contribution >= 0.6 is 11.3 Å². The molecule has 2 aromatic carbocycles. The van der Waals surface area contributed by atoms with Crippen LogP contribution in [0.25, 0.3) is 0 Å². The standard InChI is InChI=1S/C23H24N2O3S/c1-2-25(16-22(26)24-15-20-12-8-14-29-20)23(27)21-13-7-6-9-18(21)17-28-19-10-4-3-5-11-19/h3-14H,2,15-17H2,1H3,(H,24,26). The Bertz CT molecular complexity index is 926. The number of rotatable bonds is 9. The summed E-state index contributed by atoms with van der Waals surface area (Å²) in [5, 5.41) is 4.84. The first-order chi connectivity index (χ1) is 14.2. The second kappa shape index (κ2) is 10.4. The molecule has 0 atom stereocenters. The Hall–Kier alpha value is -3.12. The topological polar surface area (TPSA) is 58.6 Å². The molecule has 0 aliphatic heterocycles. The van der Waals surface area contributed by atoms with E-state index in [1.807, 2.05) is 73.0 Å². The van der Waals surface area contributed by atoms with Crippen LogP contribution in [0.5, 0.6) is 5.75 Å². The van der Waals surface area contributed by atoms with Crippen molar-refractivity contribution in [2.24, 2.45) is 0 Å². The average Bonchev–Trinajstić information content (AvgIpc) is 3.29. The van der Waals surface area contributed by atoms with Gasteiger partial charge in [-0.05, 0) is 36.6 Å². The average molecular weight is 409 g/mol. The van der Waals surface area contributed by atoms with Crippen LogP contribution in [0.1, 0.15) is 27.7 Å². The highest BCUT2D eigenvalue weighted by atomic mass is 32.1. The van der Waals surface area contributed by atoms with Crippen molar-refractivity contribution in [3.8, 4) is 5.75 Å². The van der Waals surface area contributed by atoms with Crippen LogP contribution in [-0.2, 0) is 17.9 Å². The molecule has 6 heteroatoms. The van der Waals surface area contributed by atoms with Crippen LogP contribution in [0, 0.1) is 0 Å². The first-order valence-corrected chi connectivity index (χ1v) is 10.4. The van der Waals surface area contributed by atoms with E-state index in [1.165, 1.54) is 0 Å². The molecule has 0 aliphatic carbocycles. The fraction of sp³-hybridized carbons (Fsp3) is 0.217. The van der Waals surface area contributed by atoms with Crippen LogP contribution in [0.15, 0.2) is 72.1 Å². The van der Waals surface area contributed by atoms with Gasteiger partial charge in [-0.25, -0.2) is 0 Å². The number of likely N-dealkylation sites (N-methyl/N-ethyl adjacent to an activating group) is 1. The van der Waals surface area contributed by atoms with Crippen LogP contribution in [-0.4, -0.2) is 29.8 Å². The van der Waals surface area contributed by atoms with Gasteiger partial charge in [-0.3, -0.25) is 9.59 Å². The number of hydrogen-bond acceptors (Lipinski definition) is 4. The minimum Gasteiger partial charge on any atom is -0.489 e. The SMILES string of the molecule is CCN(CC(=O)NCc1cccs1)C(=O)c1ccccc1COc1ccccc1. The lowest BCUT2D eigenvalue weighted by Gasteiger charge is -2.22. The van der Waals surface area contributed by atoms with Gasteiger partial charge in [0, 0.05) is 22.5 Å². The molecule has 1 heterocycles. The second-order valence-electron chi connectivity index (χ2n) is 6.43. The Kier molecular flexibility index (Phi) is 7.41. The van der Waals surface area contributed by atoms with Crippen molar-refractivity contribution in [3.05, 3.63) is 88.1 Å². The van der Waals surface area contributed by atoms with Gasteiger partial charge >= 0.3 is 0 Å². The molecule has 1 N–H and O–H groups in total. The van der Waals surface area contributed by atoms with E-state index in [-0.39, 0.29) is 25.0 Å². The number of nitrogens with one attached hydrogen (secondary N) is 1. The van der Waals surface area contributed by atoms with Gasteiger partial charge < -0.3 is 15.0 Å². The predicted molar refractivity (Wildman–Crippen MR) is 115 cm³/mol. The van der Waals surface area contributed by atoms with Gasteiger partial charge in [0.05, 0.1) is 13.1 Å². The monoisotopic (exact) mass is 408 g/mol. The van der Waals surface area contributed by atoms with Crippen molar-refractivity contribution in [3.63, 3.8) is 0 Å². The van der Waals surface area contributed by atoms with Gasteiger partial charge in [0.2, 0.25) is 5.91 Å². The van der Waals surface area contributed by atoms with Gasteiger partial charge in [-0.1, -0.05) is 42.5 Å². The first-order valence-electron chi connectivity index (χ1n) is 9.51. The molecule has 0 bridgehead atoms. The number of amides is 2. The van der Waals surface area contributed by atoms with E-state index in [0.29, 0.717) is 18.7 Å². The number of carbonyl (C=O) groups excluding carboxylic acids is 2. The minimum absolute atomic E-state index is 0.0224. The van der Waals surface area contributed by atoms with Crippen LogP contribution in [0.4, 0.5) is 0 Å². The summed E-state index contributed by atoms with van der Waals surface area (Å²) in [5.41, 5.74) is 1.34. The smallest absolute Gasteiger partial charge is 0.254 e. The van der Waals surface area contributed by atoms with Gasteiger partial charge in [0.25, 0.3) is 5.91 Å². The maximum atomic E-state index is 13.1. The van der Waals surface area contributed by atoms with Crippen molar-refractivity contribution in [2.45, 2.75) is 20.1 Å². The zero-order chi connectivity index (χ0) is 20.5. The maximum absolute atomic E-state index is 13.1. The Morgan fingerprint density at radius 1 is 1.00 bits per heavy atom. The Morgan fingerprint density at radius 3 is 2.48 bits per heavy atom. The molecule has 5 nitrogen and oxygen atoms in total. The van der Waals surface area contributed by atoms with Gasteiger partial charge in [-0.15, -0.1) is 11.3 Å². The van der Waals surface area contributed by atoms with E-state index in [9.17, 15) is 9.59 Å². The molecule has 0 radical (unpaired) electrons. The lowest BCUT2D eigenvalue weighted by Crippen LogP contribution is -2.40. The molecule has 3 rings (SSSR count). The van der Waals surface area contributed by atoms with Crippen molar-refractivity contribution in [1.29, 1.82) is 0 Å². The van der Waals surface area contributed by atoms with Crippen LogP contribution < -0.4 is 10.1 Å². The number of thiophene rings is 1. The number of benzene rings is 2. The summed E-state index contributed by atoms with van der Waals surface area (Å²) < 4.78 is 5.81. The van der Waals surface area contributed by atoms with E-state index in [0.717, 1.165) is 16.2 Å². The van der Waals surface area contributed by atoms with Crippen molar-refractivity contribution in [1.82, 2.24) is 10.2 Å². The molecule has 3 aromatic rings. The lowest BCUT2D eigenvalue weighted by atomic mass is 10.1. The number of carbonyl (C=O) groups is 2. The Balaban J connectivity index is 1.63. The van der Waals surface area contributed by atoms with E-state index >= 15 is 0 Å². The fourth-order valence-corrected chi connectivity index (χ4v) is 3.50. The van der Waals surface area contributed by atoms with Crippen molar-refractivity contribution < 1.29 is 14.3 Å². The normalized spacial score (nSPS) is 10.4. The second-order valence-corrected chi connectivity index (χ2v) is 7.47. The van der Waals surface area contributed by atoms with E-state index < -0.39 is 0 Å². The third-order valence-corrected chi connectivity index (χ3v) is 5.30. The molecule has 0 fully saturated rings. The minimum atomic E-state index is -0.175. The number of ether oxygens (including phenoxy) is 1. The quantitative estimate of drug-likeness (QED) is 0.580. The molecule has 29 heavy (non-hydrogen) atoms. The molecule has 0 saturated heterocycles. The molecular formula is C23H24N2O3S. The highest BCUT2D eigenvalue weighted by Gasteiger charge is 2.20. The highest BCUT2D eigenvalue weighted by molar-refractivity contribution is 7.09. The van der Waals surface area contributed by atoms with Crippen molar-refractivity contribution in [2.75, 3.05) is 13.1 Å². The third-order valence-electron chi connectivity index (χ3n) is 4.43. The van der Waals surface area contributed by atoms with E-state index in [4.69, 9.17) is 4.74 Å². The number of para-hydroxylation sites is 1. The van der Waals surface area contributed by atoms with E-state index in [1.54, 1.807) is 22.3 Å². The lowest BCUT2D eigenvalue weighted by molar-refractivity contribution is -0.121. The Labute approximate surface area is 174 Å². The predicted octanol–water partition coefficient (Wildman–Crippen LogP) is 4.11. The summed E-state index contributed by atoms with van der Waals surface area (Å²) in [5.74, 6) is 0.396. The largest absolute Gasteiger partial charge is 0.489 e. The summed E-state index contributed by atoms with van der Waals surface area (Å²) in [6.45, 7) is 3.10. The Morgan fingerprint density at radius 2 is 1.76 bits per heavy atom. The first kappa shape index (κ1) is 20.6. The third kappa shape index (κ3) is 5.93. The van der Waals surface area contributed by atoms with Gasteiger partial charge in [-0.2, -0.15) is 0 Å². The molecule has 2 amide bonds. The summed E-state index contributed by atoms with van der Waals surface area (Å²) >= 11 is 1.59. The summed E-state index contributed by atoms with van der Waals surface area (Å²) in [4.78, 5) is 28.0. The van der Waals surface area contributed by atoms with Gasteiger partial charge in [0.15, 0.2) is 0 Å². The molecule has 150 valence electrons. The molecule has 0 spiro atoms. The maximum Gasteiger partial charge on any atom is 0.254 e. The highest BCUT2D eigenvalue weighted by Crippen LogP contribution is 2.16. The summed E-state index contributed by atoms with van der Waals surface area (Å²) in [6.07, 6.45) is 0. The van der Waals surface area contributed by atoms with Crippen molar-refractivity contribution >= 4 is 23.2 Å². The summed E-state index contributed by atoms with van der Waals surface area (Å²) in [6, 6.07) is 20.8. The zero-order valence-corrected chi connectivity index (χ0v) is 17.2. The van der Waals surface area contributed by atoms with Crippen LogP contribution in [0.3, 0.4) is 0 Å². The number of hydrogen-bond donors (Lipinski definition) is 1. The fourth-order valence-electron chi connectivity index (χ4n) is 2.86. The van der Waals surface area contributed by atoms with Gasteiger partial charge in [0.1, 0.15) is 12.4 Å². The summed E-state index contributed by atoms with van der Waals surface area (Å²) in [7, 11) is 0. The van der Waals surface area contributed by atoms with Crippen LogP contribution in [0.2, 0.25) is 0 Å². The molecule has 0 saturated carbocycles. The molecule has 0 unspecified atom stereocenters. The zero-order valence-electron chi connectivity index (χ0n) is 16.3. The molecule has 0 aliphatic rings. The van der Waals surface area contributed by atoms with E-state index in [2.05, 4.69) is 5.32 Å².